The van der Waals surface area contributed by atoms with Gasteiger partial charge in [0.05, 0.1) is 12.2 Å². The molecule has 0 unspecified atom stereocenters. The van der Waals surface area contributed by atoms with Gasteiger partial charge in [0, 0.05) is 29.2 Å². The van der Waals surface area contributed by atoms with Gasteiger partial charge in [0.15, 0.2) is 5.60 Å². The Balaban J connectivity index is 2.32. The quantitative estimate of drug-likeness (QED) is 0.621. The Morgan fingerprint density at radius 3 is 2.58 bits per heavy atom. The molecule has 0 amide bonds. The van der Waals surface area contributed by atoms with Crippen molar-refractivity contribution in [1.29, 1.82) is 0 Å². The van der Waals surface area contributed by atoms with Crippen molar-refractivity contribution in [3.8, 4) is 0 Å². The number of ether oxygens (including phenoxy) is 2. The molecule has 1 aliphatic rings. The van der Waals surface area contributed by atoms with E-state index in [1.165, 1.54) is 0 Å². The molecule has 26 heavy (non-hydrogen) atoms. The topological polar surface area (TPSA) is 57.5 Å². The number of carbonyl (C=O) groups is 2. The third-order valence-electron chi connectivity index (χ3n) is 5.32. The van der Waals surface area contributed by atoms with Crippen LogP contribution >= 0.6 is 0 Å². The molecule has 0 radical (unpaired) electrons. The number of rotatable bonds is 3. The van der Waals surface area contributed by atoms with E-state index in [1.54, 1.807) is 6.92 Å². The fraction of sp³-hybridized carbons (Fsp3) is 0.429. The average Bonchev–Trinajstić information content (AvgIpc) is 3.00. The first-order valence-electron chi connectivity index (χ1n) is 8.85. The lowest BCUT2D eigenvalue weighted by Crippen LogP contribution is -2.36. The zero-order valence-electron chi connectivity index (χ0n) is 16.2. The van der Waals surface area contributed by atoms with Gasteiger partial charge in [0.1, 0.15) is 5.92 Å². The number of aromatic nitrogens is 1. The molecule has 1 saturated heterocycles. The molecule has 1 aromatic heterocycles. The van der Waals surface area contributed by atoms with Crippen molar-refractivity contribution in [3.63, 3.8) is 0 Å². The number of cyclic esters (lactones) is 1. The molecule has 2 heterocycles. The van der Waals surface area contributed by atoms with Crippen LogP contribution in [0.25, 0.3) is 10.9 Å². The van der Waals surface area contributed by atoms with Gasteiger partial charge in [-0.3, -0.25) is 4.79 Å². The largest absolute Gasteiger partial charge is 0.465 e. The highest BCUT2D eigenvalue weighted by Gasteiger charge is 2.57. The molecule has 0 spiro atoms. The number of esters is 2. The van der Waals surface area contributed by atoms with Crippen LogP contribution < -0.4 is 0 Å². The van der Waals surface area contributed by atoms with Crippen LogP contribution in [0.5, 0.6) is 0 Å². The van der Waals surface area contributed by atoms with Crippen molar-refractivity contribution in [2.75, 3.05) is 6.61 Å². The summed E-state index contributed by atoms with van der Waals surface area (Å²) in [4.78, 5) is 25.5. The van der Waals surface area contributed by atoms with Crippen LogP contribution in [0.2, 0.25) is 0 Å². The van der Waals surface area contributed by atoms with Gasteiger partial charge in [0.2, 0.25) is 0 Å². The third kappa shape index (κ3) is 2.45. The van der Waals surface area contributed by atoms with Gasteiger partial charge < -0.3 is 14.0 Å². The van der Waals surface area contributed by atoms with E-state index < -0.39 is 23.5 Å². The maximum absolute atomic E-state index is 12.9. The standard InChI is InChI=1S/C21H25NO4/c1-7-25-20(24)18-16(12(2)3)19(23)26-21(18,5)17-13(4)22(6)15-11-9-8-10-14(15)17/h8-11,18H,7H2,1-6H3/t18-,21-/m0/s1. The number of nitrogens with zero attached hydrogens (tertiary/aromatic N) is 1. The van der Waals surface area contributed by atoms with Gasteiger partial charge in [0.25, 0.3) is 0 Å². The number of aryl methyl sites for hydroxylation is 1. The summed E-state index contributed by atoms with van der Waals surface area (Å²) in [7, 11) is 1.97. The lowest BCUT2D eigenvalue weighted by molar-refractivity contribution is -0.157. The summed E-state index contributed by atoms with van der Waals surface area (Å²) in [5.41, 5.74) is 2.92. The van der Waals surface area contributed by atoms with Crippen molar-refractivity contribution in [2.45, 2.75) is 40.2 Å². The van der Waals surface area contributed by atoms with E-state index in [2.05, 4.69) is 4.57 Å². The monoisotopic (exact) mass is 355 g/mol. The highest BCUT2D eigenvalue weighted by atomic mass is 16.6. The molecule has 2 aromatic rings. The van der Waals surface area contributed by atoms with Crippen molar-refractivity contribution in [2.24, 2.45) is 13.0 Å². The van der Waals surface area contributed by atoms with Gasteiger partial charge in [-0.15, -0.1) is 0 Å². The smallest absolute Gasteiger partial charge is 0.335 e. The van der Waals surface area contributed by atoms with Crippen molar-refractivity contribution >= 4 is 22.8 Å². The van der Waals surface area contributed by atoms with E-state index in [-0.39, 0.29) is 6.61 Å². The molecular weight excluding hydrogens is 330 g/mol. The van der Waals surface area contributed by atoms with Crippen LogP contribution in [0.3, 0.4) is 0 Å². The highest BCUT2D eigenvalue weighted by Crippen LogP contribution is 2.49. The SMILES string of the molecule is CCOC(=O)[C@@H]1C(=C(C)C)C(=O)O[C@@]1(C)c1c(C)n(C)c2ccccc12. The number of carbonyl (C=O) groups excluding carboxylic acids is 2. The number of allylic oxidation sites excluding steroid dienone is 1. The maximum atomic E-state index is 12.9. The lowest BCUT2D eigenvalue weighted by Gasteiger charge is -2.29. The highest BCUT2D eigenvalue weighted by molar-refractivity contribution is 6.01. The molecule has 0 saturated carbocycles. The van der Waals surface area contributed by atoms with Crippen molar-refractivity contribution in [1.82, 2.24) is 4.57 Å². The fourth-order valence-electron chi connectivity index (χ4n) is 4.10. The predicted molar refractivity (Wildman–Crippen MR) is 99.6 cm³/mol. The van der Waals surface area contributed by atoms with Gasteiger partial charge >= 0.3 is 11.9 Å². The normalized spacial score (nSPS) is 22.6. The first-order chi connectivity index (χ1) is 12.2. The van der Waals surface area contributed by atoms with Crippen molar-refractivity contribution in [3.05, 3.63) is 46.7 Å². The lowest BCUT2D eigenvalue weighted by atomic mass is 9.78. The fourth-order valence-corrected chi connectivity index (χ4v) is 4.10. The summed E-state index contributed by atoms with van der Waals surface area (Å²) < 4.78 is 13.3. The predicted octanol–water partition coefficient (Wildman–Crippen LogP) is 3.77. The Morgan fingerprint density at radius 2 is 1.96 bits per heavy atom. The molecule has 1 aromatic carbocycles. The van der Waals surface area contributed by atoms with Gasteiger partial charge in [-0.25, -0.2) is 4.79 Å². The number of fused-ring (bicyclic) bond motifs is 1. The van der Waals surface area contributed by atoms with E-state index >= 15 is 0 Å². The summed E-state index contributed by atoms with van der Waals surface area (Å²) in [5.74, 6) is -1.66. The zero-order chi connectivity index (χ0) is 19.2. The summed E-state index contributed by atoms with van der Waals surface area (Å²) in [6.07, 6.45) is 0. The molecular formula is C21H25NO4. The first-order valence-corrected chi connectivity index (χ1v) is 8.85. The minimum Gasteiger partial charge on any atom is -0.465 e. The first kappa shape index (κ1) is 18.2. The number of benzene rings is 1. The minimum absolute atomic E-state index is 0.254. The molecule has 1 aliphatic heterocycles. The molecule has 0 N–H and O–H groups in total. The van der Waals surface area contributed by atoms with E-state index in [4.69, 9.17) is 9.47 Å². The number of para-hydroxylation sites is 1. The Morgan fingerprint density at radius 1 is 1.31 bits per heavy atom. The van der Waals surface area contributed by atoms with Crippen LogP contribution in [-0.4, -0.2) is 23.1 Å². The second-order valence-electron chi connectivity index (χ2n) is 7.13. The molecule has 0 bridgehead atoms. The second kappa shape index (κ2) is 6.31. The Labute approximate surface area is 153 Å². The van der Waals surface area contributed by atoms with E-state index in [0.29, 0.717) is 5.57 Å². The van der Waals surface area contributed by atoms with Crippen LogP contribution in [0.15, 0.2) is 35.4 Å². The van der Waals surface area contributed by atoms with E-state index in [1.807, 2.05) is 59.0 Å². The van der Waals surface area contributed by atoms with Crippen LogP contribution in [0, 0.1) is 12.8 Å². The molecule has 138 valence electrons. The van der Waals surface area contributed by atoms with E-state index in [9.17, 15) is 9.59 Å². The molecule has 0 aliphatic carbocycles. The Bertz CT molecular complexity index is 933. The zero-order valence-corrected chi connectivity index (χ0v) is 16.2. The summed E-state index contributed by atoms with van der Waals surface area (Å²) in [5, 5.41) is 0.979. The van der Waals surface area contributed by atoms with Crippen molar-refractivity contribution < 1.29 is 19.1 Å². The molecule has 5 heteroatoms. The Kier molecular flexibility index (Phi) is 4.42. The molecule has 5 nitrogen and oxygen atoms in total. The summed E-state index contributed by atoms with van der Waals surface area (Å²) in [6, 6.07) is 7.94. The second-order valence-corrected chi connectivity index (χ2v) is 7.13. The summed E-state index contributed by atoms with van der Waals surface area (Å²) in [6.45, 7) is 9.46. The van der Waals surface area contributed by atoms with E-state index in [0.717, 1.165) is 27.7 Å². The van der Waals surface area contributed by atoms with Crippen LogP contribution in [0.4, 0.5) is 0 Å². The van der Waals surface area contributed by atoms with Crippen LogP contribution in [0.1, 0.15) is 39.0 Å². The average molecular weight is 355 g/mol. The third-order valence-corrected chi connectivity index (χ3v) is 5.32. The minimum atomic E-state index is -1.11. The summed E-state index contributed by atoms with van der Waals surface area (Å²) >= 11 is 0. The van der Waals surface area contributed by atoms with Gasteiger partial charge in [-0.05, 0) is 40.7 Å². The van der Waals surface area contributed by atoms with Crippen LogP contribution in [-0.2, 0) is 31.7 Å². The molecule has 3 rings (SSSR count). The number of hydrogen-bond donors (Lipinski definition) is 0. The molecule has 2 atom stereocenters. The maximum Gasteiger partial charge on any atom is 0.335 e. The Hall–Kier alpha value is -2.56. The van der Waals surface area contributed by atoms with Gasteiger partial charge in [-0.2, -0.15) is 0 Å². The molecule has 1 fully saturated rings. The van der Waals surface area contributed by atoms with Gasteiger partial charge in [-0.1, -0.05) is 23.8 Å². The number of hydrogen-bond acceptors (Lipinski definition) is 4.